The van der Waals surface area contributed by atoms with Gasteiger partial charge in [0.1, 0.15) is 5.82 Å². The van der Waals surface area contributed by atoms with Gasteiger partial charge in [-0.25, -0.2) is 4.39 Å². The van der Waals surface area contributed by atoms with E-state index in [9.17, 15) is 9.18 Å². The molecular formula is C20H23FN2O3. The highest BCUT2D eigenvalue weighted by molar-refractivity contribution is 5.93. The van der Waals surface area contributed by atoms with Crippen molar-refractivity contribution < 1.29 is 14.6 Å². The zero-order chi connectivity index (χ0) is 18.5. The van der Waals surface area contributed by atoms with E-state index in [1.54, 1.807) is 12.1 Å². The summed E-state index contributed by atoms with van der Waals surface area (Å²) in [5, 5.41) is 19.2. The number of halogens is 1. The predicted molar refractivity (Wildman–Crippen MR) is 101 cm³/mol. The number of pyridine rings is 1. The van der Waals surface area contributed by atoms with Crippen LogP contribution in [0.25, 0.3) is 21.8 Å². The van der Waals surface area contributed by atoms with Crippen LogP contribution in [0.1, 0.15) is 6.42 Å². The van der Waals surface area contributed by atoms with Crippen molar-refractivity contribution in [1.82, 2.24) is 9.47 Å². The number of para-hydroxylation sites is 1. The van der Waals surface area contributed by atoms with E-state index in [4.69, 9.17) is 10.2 Å². The fourth-order valence-corrected chi connectivity index (χ4v) is 3.41. The van der Waals surface area contributed by atoms with Crippen LogP contribution in [0.4, 0.5) is 4.39 Å². The maximum atomic E-state index is 13.7. The number of benzene rings is 2. The topological polar surface area (TPSA) is 65.7 Å². The lowest BCUT2D eigenvalue weighted by Gasteiger charge is -2.21. The second kappa shape index (κ2) is 8.40. The third-order valence-electron chi connectivity index (χ3n) is 4.62. The SMILES string of the molecule is O=c1c2ccccc2n(CCCN(CCO)CCO)c2ccc(F)cc12. The Morgan fingerprint density at radius 3 is 2.35 bits per heavy atom. The van der Waals surface area contributed by atoms with Crippen LogP contribution in [0.5, 0.6) is 0 Å². The first-order valence-electron chi connectivity index (χ1n) is 8.80. The maximum absolute atomic E-state index is 13.7. The second-order valence-electron chi connectivity index (χ2n) is 6.30. The molecule has 0 atom stereocenters. The first kappa shape index (κ1) is 18.5. The van der Waals surface area contributed by atoms with Gasteiger partial charge in [-0.05, 0) is 36.8 Å². The number of hydrogen-bond acceptors (Lipinski definition) is 4. The molecule has 138 valence electrons. The van der Waals surface area contributed by atoms with Gasteiger partial charge in [0.25, 0.3) is 0 Å². The zero-order valence-electron chi connectivity index (χ0n) is 14.6. The van der Waals surface area contributed by atoms with Crippen LogP contribution in [-0.2, 0) is 6.54 Å². The Hall–Kier alpha value is -2.28. The van der Waals surface area contributed by atoms with Crippen molar-refractivity contribution >= 4 is 21.8 Å². The van der Waals surface area contributed by atoms with Crippen LogP contribution in [0.3, 0.4) is 0 Å². The number of aromatic nitrogens is 1. The van der Waals surface area contributed by atoms with Crippen LogP contribution in [-0.4, -0.2) is 52.5 Å². The molecule has 0 saturated carbocycles. The molecule has 0 saturated heterocycles. The van der Waals surface area contributed by atoms with Gasteiger partial charge in [0.05, 0.1) is 24.2 Å². The Kier molecular flexibility index (Phi) is 5.98. The van der Waals surface area contributed by atoms with Crippen LogP contribution in [0.15, 0.2) is 47.3 Å². The minimum absolute atomic E-state index is 0.0448. The summed E-state index contributed by atoms with van der Waals surface area (Å²) in [4.78, 5) is 14.7. The molecule has 6 heteroatoms. The smallest absolute Gasteiger partial charge is 0.197 e. The molecule has 0 amide bonds. The maximum Gasteiger partial charge on any atom is 0.197 e. The monoisotopic (exact) mass is 358 g/mol. The summed E-state index contributed by atoms with van der Waals surface area (Å²) < 4.78 is 15.7. The molecule has 3 aromatic rings. The van der Waals surface area contributed by atoms with E-state index in [1.807, 2.05) is 27.7 Å². The largest absolute Gasteiger partial charge is 0.395 e. The van der Waals surface area contributed by atoms with Crippen molar-refractivity contribution in [3.8, 4) is 0 Å². The van der Waals surface area contributed by atoms with Crippen molar-refractivity contribution in [2.45, 2.75) is 13.0 Å². The van der Waals surface area contributed by atoms with Crippen molar-refractivity contribution in [1.29, 1.82) is 0 Å². The van der Waals surface area contributed by atoms with E-state index in [1.165, 1.54) is 12.1 Å². The molecule has 0 aliphatic rings. The van der Waals surface area contributed by atoms with E-state index in [2.05, 4.69) is 0 Å². The molecule has 0 aliphatic heterocycles. The summed E-state index contributed by atoms with van der Waals surface area (Å²) in [6.45, 7) is 2.47. The van der Waals surface area contributed by atoms with E-state index in [0.29, 0.717) is 42.5 Å². The molecule has 0 fully saturated rings. The molecule has 3 rings (SSSR count). The molecule has 1 aromatic heterocycles. The van der Waals surface area contributed by atoms with Crippen LogP contribution >= 0.6 is 0 Å². The molecule has 0 radical (unpaired) electrons. The van der Waals surface area contributed by atoms with Gasteiger partial charge in [-0.15, -0.1) is 0 Å². The Morgan fingerprint density at radius 2 is 1.62 bits per heavy atom. The number of rotatable bonds is 8. The highest BCUT2D eigenvalue weighted by Gasteiger charge is 2.12. The number of nitrogens with zero attached hydrogens (tertiary/aromatic N) is 2. The zero-order valence-corrected chi connectivity index (χ0v) is 14.6. The van der Waals surface area contributed by atoms with Crippen LogP contribution < -0.4 is 5.43 Å². The molecule has 0 spiro atoms. The first-order chi connectivity index (χ1) is 12.7. The van der Waals surface area contributed by atoms with Gasteiger partial charge in [0, 0.05) is 37.0 Å². The number of aliphatic hydroxyl groups excluding tert-OH is 2. The van der Waals surface area contributed by atoms with Gasteiger partial charge >= 0.3 is 0 Å². The lowest BCUT2D eigenvalue weighted by Crippen LogP contribution is -2.31. The molecule has 1 heterocycles. The van der Waals surface area contributed by atoms with E-state index < -0.39 is 5.82 Å². The molecule has 2 N–H and O–H groups in total. The summed E-state index contributed by atoms with van der Waals surface area (Å²) in [7, 11) is 0. The first-order valence-corrected chi connectivity index (χ1v) is 8.80. The molecule has 0 aliphatic carbocycles. The lowest BCUT2D eigenvalue weighted by atomic mass is 10.1. The third kappa shape index (κ3) is 3.77. The molecule has 5 nitrogen and oxygen atoms in total. The summed E-state index contributed by atoms with van der Waals surface area (Å²) in [5.41, 5.74) is 1.38. The van der Waals surface area contributed by atoms with Crippen LogP contribution in [0.2, 0.25) is 0 Å². The van der Waals surface area contributed by atoms with Crippen molar-refractivity contribution in [2.24, 2.45) is 0 Å². The average molecular weight is 358 g/mol. The Bertz CT molecular complexity index is 949. The Morgan fingerprint density at radius 1 is 0.923 bits per heavy atom. The standard InChI is InChI=1S/C20H23FN2O3/c21-15-6-7-19-17(14-15)20(26)16-4-1-2-5-18(16)23(19)9-3-8-22(10-12-24)11-13-25/h1-2,4-7,14,24-25H,3,8-13H2. The van der Waals surface area contributed by atoms with Crippen molar-refractivity contribution in [2.75, 3.05) is 32.8 Å². The van der Waals surface area contributed by atoms with E-state index in [0.717, 1.165) is 11.9 Å². The van der Waals surface area contributed by atoms with E-state index >= 15 is 0 Å². The summed E-state index contributed by atoms with van der Waals surface area (Å²) in [6, 6.07) is 11.7. The minimum Gasteiger partial charge on any atom is -0.395 e. The summed E-state index contributed by atoms with van der Waals surface area (Å²) in [6.07, 6.45) is 0.777. The Labute approximate surface area is 150 Å². The average Bonchev–Trinajstić information content (AvgIpc) is 2.65. The number of fused-ring (bicyclic) bond motifs is 2. The quantitative estimate of drug-likeness (QED) is 0.604. The van der Waals surface area contributed by atoms with Gasteiger partial charge in [-0.3, -0.25) is 9.69 Å². The molecule has 0 bridgehead atoms. The minimum atomic E-state index is -0.423. The van der Waals surface area contributed by atoms with Gasteiger partial charge in [-0.2, -0.15) is 0 Å². The third-order valence-corrected chi connectivity index (χ3v) is 4.62. The number of hydrogen-bond donors (Lipinski definition) is 2. The van der Waals surface area contributed by atoms with Gasteiger partial charge in [-0.1, -0.05) is 12.1 Å². The second-order valence-corrected chi connectivity index (χ2v) is 6.30. The highest BCUT2D eigenvalue weighted by Crippen LogP contribution is 2.20. The molecule has 2 aromatic carbocycles. The Balaban J connectivity index is 1.98. The lowest BCUT2D eigenvalue weighted by molar-refractivity contribution is 0.158. The molecular weight excluding hydrogens is 335 g/mol. The van der Waals surface area contributed by atoms with Crippen molar-refractivity contribution in [3.63, 3.8) is 0 Å². The van der Waals surface area contributed by atoms with Gasteiger partial charge in [0.2, 0.25) is 0 Å². The molecule has 26 heavy (non-hydrogen) atoms. The summed E-state index contributed by atoms with van der Waals surface area (Å²) >= 11 is 0. The highest BCUT2D eigenvalue weighted by atomic mass is 19.1. The van der Waals surface area contributed by atoms with Gasteiger partial charge < -0.3 is 14.8 Å². The normalized spacial score (nSPS) is 11.7. The number of aliphatic hydroxyl groups is 2. The number of aryl methyl sites for hydroxylation is 1. The van der Waals surface area contributed by atoms with E-state index in [-0.39, 0.29) is 18.6 Å². The molecule has 0 unspecified atom stereocenters. The van der Waals surface area contributed by atoms with Gasteiger partial charge in [0.15, 0.2) is 5.43 Å². The predicted octanol–water partition coefficient (Wildman–Crippen LogP) is 1.97. The summed E-state index contributed by atoms with van der Waals surface area (Å²) in [5.74, 6) is -0.423. The fraction of sp³-hybridized carbons (Fsp3) is 0.350. The van der Waals surface area contributed by atoms with Crippen LogP contribution in [0, 0.1) is 5.82 Å². The van der Waals surface area contributed by atoms with Crippen molar-refractivity contribution in [3.05, 3.63) is 58.5 Å². The fourth-order valence-electron chi connectivity index (χ4n) is 3.41.